The number of amides is 1. The fourth-order valence-electron chi connectivity index (χ4n) is 6.10. The molecular weight excluding hydrogens is 552 g/mol. The topological polar surface area (TPSA) is 106 Å². The van der Waals surface area contributed by atoms with Crippen LogP contribution in [0.5, 0.6) is 0 Å². The Labute approximate surface area is 259 Å². The number of pyridine rings is 1. The molecule has 0 unspecified atom stereocenters. The third-order valence-corrected chi connectivity index (χ3v) is 8.73. The number of nitrogens with zero attached hydrogens (tertiary/aromatic N) is 5. The lowest BCUT2D eigenvalue weighted by molar-refractivity contribution is -0.384. The molecular formula is C35H44N6O3. The average Bonchev–Trinajstić information content (AvgIpc) is 3.35. The van der Waals surface area contributed by atoms with Gasteiger partial charge in [0.2, 0.25) is 5.91 Å². The van der Waals surface area contributed by atoms with Crippen molar-refractivity contribution in [2.24, 2.45) is 5.92 Å². The Hall–Kier alpha value is -4.11. The summed E-state index contributed by atoms with van der Waals surface area (Å²) in [7, 11) is 0. The summed E-state index contributed by atoms with van der Waals surface area (Å²) in [6.45, 7) is 12.1. The molecule has 1 aliphatic rings. The Bertz CT molecular complexity index is 1600. The summed E-state index contributed by atoms with van der Waals surface area (Å²) in [5.41, 5.74) is 6.83. The van der Waals surface area contributed by atoms with Crippen molar-refractivity contribution in [2.75, 3.05) is 25.0 Å². The molecule has 44 heavy (non-hydrogen) atoms. The second kappa shape index (κ2) is 14.1. The van der Waals surface area contributed by atoms with Crippen LogP contribution in [0.25, 0.3) is 22.3 Å². The fourth-order valence-corrected chi connectivity index (χ4v) is 6.10. The van der Waals surface area contributed by atoms with Crippen molar-refractivity contribution in [3.63, 3.8) is 0 Å². The molecule has 2 aromatic carbocycles. The van der Waals surface area contributed by atoms with E-state index in [0.717, 1.165) is 104 Å². The van der Waals surface area contributed by atoms with E-state index in [0.29, 0.717) is 5.92 Å². The number of fused-ring (bicyclic) bond motifs is 1. The van der Waals surface area contributed by atoms with Gasteiger partial charge in [0, 0.05) is 48.0 Å². The SMILES string of the molecule is CCCCc1nc2cc(-c3ccc([N+](=O)[O-])cc3)c(C)nc2n1CCCN1CCC(c2cccc(NC(=O)C(C)C)c2)CC1. The van der Waals surface area contributed by atoms with Crippen molar-refractivity contribution in [3.05, 3.63) is 81.8 Å². The molecule has 1 saturated heterocycles. The molecule has 3 heterocycles. The summed E-state index contributed by atoms with van der Waals surface area (Å²) in [4.78, 5) is 35.5. The Morgan fingerprint density at radius 3 is 2.48 bits per heavy atom. The van der Waals surface area contributed by atoms with Crippen LogP contribution in [0.3, 0.4) is 0 Å². The number of nitro benzene ring substituents is 1. The van der Waals surface area contributed by atoms with Gasteiger partial charge in [-0.15, -0.1) is 0 Å². The van der Waals surface area contributed by atoms with Gasteiger partial charge in [0.1, 0.15) is 11.3 Å². The van der Waals surface area contributed by atoms with Crippen molar-refractivity contribution >= 4 is 28.4 Å². The number of anilines is 1. The van der Waals surface area contributed by atoms with Gasteiger partial charge in [0.05, 0.1) is 4.92 Å². The van der Waals surface area contributed by atoms with Gasteiger partial charge in [-0.2, -0.15) is 0 Å². The van der Waals surface area contributed by atoms with E-state index in [-0.39, 0.29) is 22.4 Å². The number of nitrogens with one attached hydrogen (secondary N) is 1. The number of likely N-dealkylation sites (tertiary alicyclic amines) is 1. The maximum Gasteiger partial charge on any atom is 0.269 e. The minimum absolute atomic E-state index is 0.0374. The minimum atomic E-state index is -0.378. The molecule has 0 saturated carbocycles. The molecule has 0 atom stereocenters. The number of hydrogen-bond acceptors (Lipinski definition) is 6. The molecule has 0 spiro atoms. The van der Waals surface area contributed by atoms with E-state index in [2.05, 4.69) is 39.9 Å². The van der Waals surface area contributed by atoms with E-state index in [4.69, 9.17) is 9.97 Å². The average molecular weight is 597 g/mol. The zero-order chi connectivity index (χ0) is 31.2. The number of aryl methyl sites for hydroxylation is 3. The molecule has 4 aromatic rings. The zero-order valence-corrected chi connectivity index (χ0v) is 26.4. The van der Waals surface area contributed by atoms with Crippen molar-refractivity contribution in [1.29, 1.82) is 0 Å². The molecule has 1 aliphatic heterocycles. The molecule has 9 nitrogen and oxygen atoms in total. The number of carbonyl (C=O) groups excluding carboxylic acids is 1. The molecule has 2 aromatic heterocycles. The van der Waals surface area contributed by atoms with Crippen LogP contribution >= 0.6 is 0 Å². The number of carbonyl (C=O) groups is 1. The number of benzene rings is 2. The lowest BCUT2D eigenvalue weighted by Crippen LogP contribution is -2.34. The van der Waals surface area contributed by atoms with E-state index in [1.54, 1.807) is 12.1 Å². The van der Waals surface area contributed by atoms with Gasteiger partial charge in [-0.25, -0.2) is 9.97 Å². The largest absolute Gasteiger partial charge is 0.326 e. The first-order chi connectivity index (χ1) is 21.2. The van der Waals surface area contributed by atoms with E-state index >= 15 is 0 Å². The van der Waals surface area contributed by atoms with Crippen molar-refractivity contribution in [2.45, 2.75) is 78.7 Å². The first kappa shape index (κ1) is 31.3. The molecule has 232 valence electrons. The standard InChI is InChI=1S/C35H44N6O3/c1-5-6-11-33-38-32-23-31(27-12-14-30(15-13-27)41(43)44)25(4)36-34(32)40(33)19-8-18-39-20-16-26(17-21-39)28-9-7-10-29(22-28)37-35(42)24(2)3/h7,9-10,12-15,22-24,26H,5-6,8,11,16-21H2,1-4H3,(H,37,42). The second-order valence-corrected chi connectivity index (χ2v) is 12.3. The highest BCUT2D eigenvalue weighted by Gasteiger charge is 2.22. The van der Waals surface area contributed by atoms with Crippen LogP contribution < -0.4 is 5.32 Å². The molecule has 1 N–H and O–H groups in total. The lowest BCUT2D eigenvalue weighted by Gasteiger charge is -2.32. The zero-order valence-electron chi connectivity index (χ0n) is 26.4. The summed E-state index contributed by atoms with van der Waals surface area (Å²) in [5.74, 6) is 1.61. The van der Waals surface area contributed by atoms with Crippen LogP contribution in [-0.2, 0) is 17.8 Å². The summed E-state index contributed by atoms with van der Waals surface area (Å²) in [5, 5.41) is 14.1. The van der Waals surface area contributed by atoms with Gasteiger partial charge < -0.3 is 14.8 Å². The molecule has 9 heteroatoms. The molecule has 0 bridgehead atoms. The summed E-state index contributed by atoms with van der Waals surface area (Å²) >= 11 is 0. The highest BCUT2D eigenvalue weighted by Crippen LogP contribution is 2.31. The van der Waals surface area contributed by atoms with E-state index < -0.39 is 0 Å². The van der Waals surface area contributed by atoms with Crippen molar-refractivity contribution < 1.29 is 9.72 Å². The van der Waals surface area contributed by atoms with Gasteiger partial charge in [0.25, 0.3) is 5.69 Å². The van der Waals surface area contributed by atoms with Gasteiger partial charge in [0.15, 0.2) is 5.65 Å². The van der Waals surface area contributed by atoms with Crippen LogP contribution in [-0.4, -0.2) is 49.9 Å². The van der Waals surface area contributed by atoms with Gasteiger partial charge >= 0.3 is 0 Å². The third kappa shape index (κ3) is 7.33. The van der Waals surface area contributed by atoms with Crippen LogP contribution in [0, 0.1) is 23.0 Å². The summed E-state index contributed by atoms with van der Waals surface area (Å²) in [6, 6.07) is 17.1. The fraction of sp³-hybridized carbons (Fsp3) is 0.457. The van der Waals surface area contributed by atoms with Crippen molar-refractivity contribution in [1.82, 2.24) is 19.4 Å². The minimum Gasteiger partial charge on any atom is -0.326 e. The highest BCUT2D eigenvalue weighted by molar-refractivity contribution is 5.92. The number of piperidine rings is 1. The maximum atomic E-state index is 12.1. The molecule has 5 rings (SSSR count). The van der Waals surface area contributed by atoms with E-state index in [1.807, 2.05) is 32.9 Å². The van der Waals surface area contributed by atoms with Crippen molar-refractivity contribution in [3.8, 4) is 11.1 Å². The number of non-ortho nitro benzene ring substituents is 1. The maximum absolute atomic E-state index is 12.1. The number of nitro groups is 1. The third-order valence-electron chi connectivity index (χ3n) is 8.73. The summed E-state index contributed by atoms with van der Waals surface area (Å²) in [6.07, 6.45) is 6.35. The quantitative estimate of drug-likeness (QED) is 0.134. The first-order valence-electron chi connectivity index (χ1n) is 16.0. The molecule has 1 amide bonds. The monoisotopic (exact) mass is 596 g/mol. The highest BCUT2D eigenvalue weighted by atomic mass is 16.6. The Balaban J connectivity index is 1.23. The number of imidazole rings is 1. The van der Waals surface area contributed by atoms with Gasteiger partial charge in [-0.3, -0.25) is 14.9 Å². The second-order valence-electron chi connectivity index (χ2n) is 12.3. The number of rotatable bonds is 12. The summed E-state index contributed by atoms with van der Waals surface area (Å²) < 4.78 is 2.31. The molecule has 0 radical (unpaired) electrons. The van der Waals surface area contributed by atoms with E-state index in [9.17, 15) is 14.9 Å². The van der Waals surface area contributed by atoms with Crippen LogP contribution in [0.1, 0.15) is 75.9 Å². The predicted molar refractivity (Wildman–Crippen MR) is 176 cm³/mol. The first-order valence-corrected chi connectivity index (χ1v) is 16.0. The normalized spacial score (nSPS) is 14.4. The number of aromatic nitrogens is 3. The molecule has 1 fully saturated rings. The number of unbranched alkanes of at least 4 members (excludes halogenated alkanes) is 1. The van der Waals surface area contributed by atoms with Crippen LogP contribution in [0.2, 0.25) is 0 Å². The van der Waals surface area contributed by atoms with E-state index in [1.165, 1.54) is 17.7 Å². The smallest absolute Gasteiger partial charge is 0.269 e. The Morgan fingerprint density at radius 2 is 1.80 bits per heavy atom. The van der Waals surface area contributed by atoms with Crippen LogP contribution in [0.15, 0.2) is 54.6 Å². The molecule has 0 aliphatic carbocycles. The van der Waals surface area contributed by atoms with Gasteiger partial charge in [-0.1, -0.05) is 39.3 Å². The Morgan fingerprint density at radius 1 is 1.05 bits per heavy atom. The van der Waals surface area contributed by atoms with Crippen LogP contribution in [0.4, 0.5) is 11.4 Å². The Kier molecular flexibility index (Phi) is 10.0. The number of hydrogen-bond donors (Lipinski definition) is 1. The predicted octanol–water partition coefficient (Wildman–Crippen LogP) is 7.52. The lowest BCUT2D eigenvalue weighted by atomic mass is 9.89. The van der Waals surface area contributed by atoms with Gasteiger partial charge in [-0.05, 0) is 99.6 Å².